The van der Waals surface area contributed by atoms with Crippen LogP contribution in [0.25, 0.3) is 0 Å². The van der Waals surface area contributed by atoms with Crippen LogP contribution in [0.4, 0.5) is 5.69 Å². The molecule has 0 radical (unpaired) electrons. The van der Waals surface area contributed by atoms with Crippen molar-refractivity contribution < 1.29 is 4.92 Å². The van der Waals surface area contributed by atoms with Gasteiger partial charge in [-0.15, -0.1) is 11.6 Å². The number of alkyl halides is 1. The van der Waals surface area contributed by atoms with E-state index in [-0.39, 0.29) is 11.1 Å². The highest BCUT2D eigenvalue weighted by Crippen LogP contribution is 2.24. The van der Waals surface area contributed by atoms with Gasteiger partial charge in [0.15, 0.2) is 0 Å². The van der Waals surface area contributed by atoms with Crippen molar-refractivity contribution >= 4 is 17.3 Å². The molecule has 0 N–H and O–H groups in total. The van der Waals surface area contributed by atoms with E-state index in [9.17, 15) is 10.1 Å². The number of halogens is 1. The van der Waals surface area contributed by atoms with Crippen LogP contribution in [0.1, 0.15) is 24.8 Å². The molecule has 1 atom stereocenters. The summed E-state index contributed by atoms with van der Waals surface area (Å²) >= 11 is 6.27. The predicted octanol–water partition coefficient (Wildman–Crippen LogP) is 3.22. The molecule has 0 amide bonds. The molecule has 1 aromatic carbocycles. The van der Waals surface area contributed by atoms with Crippen LogP contribution in [0.5, 0.6) is 0 Å². The van der Waals surface area contributed by atoms with Crippen LogP contribution in [-0.2, 0) is 0 Å². The normalized spacial score (nSPS) is 12.7. The fourth-order valence-electron chi connectivity index (χ4n) is 1.65. The molecule has 0 heterocycles. The Morgan fingerprint density at radius 2 is 2.06 bits per heavy atom. The second-order valence-corrected chi connectivity index (χ2v) is 4.33. The number of non-ortho nitro benzene ring substituents is 1. The van der Waals surface area contributed by atoms with Crippen molar-refractivity contribution in [2.24, 2.45) is 0 Å². The fraction of sp³-hybridized carbons (Fsp3) is 0.500. The Balaban J connectivity index is 2.78. The van der Waals surface area contributed by atoms with Gasteiger partial charge < -0.3 is 4.90 Å². The third-order valence-corrected chi connectivity index (χ3v) is 3.15. The van der Waals surface area contributed by atoms with E-state index in [4.69, 9.17) is 11.6 Å². The number of hydrogen-bond acceptors (Lipinski definition) is 3. The van der Waals surface area contributed by atoms with Gasteiger partial charge in [-0.05, 0) is 18.7 Å². The molecule has 0 bridgehead atoms. The molecular formula is C12H17ClN2O2. The quantitative estimate of drug-likeness (QED) is 0.446. The molecule has 0 fully saturated rings. The van der Waals surface area contributed by atoms with Crippen LogP contribution in [0.3, 0.4) is 0 Å². The van der Waals surface area contributed by atoms with Crippen molar-refractivity contribution in [3.05, 3.63) is 39.9 Å². The first-order chi connectivity index (χ1) is 8.08. The molecule has 1 aromatic rings. The van der Waals surface area contributed by atoms with Crippen LogP contribution in [0, 0.1) is 10.1 Å². The summed E-state index contributed by atoms with van der Waals surface area (Å²) < 4.78 is 0. The minimum Gasteiger partial charge on any atom is -0.302 e. The monoisotopic (exact) mass is 256 g/mol. The smallest absolute Gasteiger partial charge is 0.269 e. The number of likely N-dealkylation sites (N-methyl/N-ethyl adjacent to an activating group) is 1. The van der Waals surface area contributed by atoms with Gasteiger partial charge in [-0.3, -0.25) is 10.1 Å². The summed E-state index contributed by atoms with van der Waals surface area (Å²) in [4.78, 5) is 12.5. The largest absolute Gasteiger partial charge is 0.302 e. The summed E-state index contributed by atoms with van der Waals surface area (Å²) in [7, 11) is 0. The van der Waals surface area contributed by atoms with Gasteiger partial charge in [0.25, 0.3) is 5.69 Å². The van der Waals surface area contributed by atoms with Crippen LogP contribution in [-0.4, -0.2) is 29.5 Å². The van der Waals surface area contributed by atoms with E-state index < -0.39 is 4.92 Å². The molecule has 17 heavy (non-hydrogen) atoms. The van der Waals surface area contributed by atoms with Crippen molar-refractivity contribution in [2.45, 2.75) is 19.2 Å². The Kier molecular flexibility index (Phi) is 5.38. The standard InChI is InChI=1S/C12H17ClN2O2/c1-3-14(4-2)9-12(13)10-6-5-7-11(8-10)15(16)17/h5-8,12H,3-4,9H2,1-2H3. The van der Waals surface area contributed by atoms with E-state index in [1.54, 1.807) is 12.1 Å². The van der Waals surface area contributed by atoms with Gasteiger partial charge in [-0.25, -0.2) is 0 Å². The Labute approximate surface area is 106 Å². The highest BCUT2D eigenvalue weighted by atomic mass is 35.5. The molecule has 0 aromatic heterocycles. The molecule has 0 saturated carbocycles. The summed E-state index contributed by atoms with van der Waals surface area (Å²) in [6.07, 6.45) is 0. The lowest BCUT2D eigenvalue weighted by Crippen LogP contribution is -2.26. The zero-order valence-electron chi connectivity index (χ0n) is 10.1. The van der Waals surface area contributed by atoms with E-state index in [0.717, 1.165) is 18.7 Å². The van der Waals surface area contributed by atoms with E-state index in [0.29, 0.717) is 6.54 Å². The Morgan fingerprint density at radius 3 is 2.59 bits per heavy atom. The van der Waals surface area contributed by atoms with E-state index >= 15 is 0 Å². The molecule has 0 saturated heterocycles. The molecule has 0 aliphatic carbocycles. The number of nitro groups is 1. The van der Waals surface area contributed by atoms with Crippen molar-refractivity contribution in [1.82, 2.24) is 4.90 Å². The molecular weight excluding hydrogens is 240 g/mol. The summed E-state index contributed by atoms with van der Waals surface area (Å²) in [6.45, 7) is 6.69. The maximum atomic E-state index is 10.7. The number of benzene rings is 1. The lowest BCUT2D eigenvalue weighted by atomic mass is 10.1. The first-order valence-corrected chi connectivity index (χ1v) is 6.12. The molecule has 4 nitrogen and oxygen atoms in total. The lowest BCUT2D eigenvalue weighted by Gasteiger charge is -2.21. The molecule has 1 unspecified atom stereocenters. The topological polar surface area (TPSA) is 46.4 Å². The summed E-state index contributed by atoms with van der Waals surface area (Å²) in [5, 5.41) is 10.4. The molecule has 1 rings (SSSR count). The Bertz CT molecular complexity index is 381. The zero-order valence-corrected chi connectivity index (χ0v) is 10.9. The van der Waals surface area contributed by atoms with Gasteiger partial charge in [-0.1, -0.05) is 26.0 Å². The van der Waals surface area contributed by atoms with Crippen LogP contribution >= 0.6 is 11.6 Å². The zero-order chi connectivity index (χ0) is 12.8. The Hall–Kier alpha value is -1.13. The van der Waals surface area contributed by atoms with Crippen LogP contribution in [0.15, 0.2) is 24.3 Å². The minimum atomic E-state index is -0.398. The van der Waals surface area contributed by atoms with Gasteiger partial charge in [-0.2, -0.15) is 0 Å². The number of nitrogens with zero attached hydrogens (tertiary/aromatic N) is 2. The van der Waals surface area contributed by atoms with Crippen molar-refractivity contribution in [3.8, 4) is 0 Å². The maximum Gasteiger partial charge on any atom is 0.269 e. The van der Waals surface area contributed by atoms with Crippen molar-refractivity contribution in [3.63, 3.8) is 0 Å². The van der Waals surface area contributed by atoms with Gasteiger partial charge in [0.1, 0.15) is 0 Å². The van der Waals surface area contributed by atoms with Crippen LogP contribution in [0.2, 0.25) is 0 Å². The molecule has 0 spiro atoms. The number of hydrogen-bond donors (Lipinski definition) is 0. The summed E-state index contributed by atoms with van der Waals surface area (Å²) in [5.41, 5.74) is 0.889. The summed E-state index contributed by atoms with van der Waals surface area (Å²) in [5.74, 6) is 0. The molecule has 5 heteroatoms. The van der Waals surface area contributed by atoms with Gasteiger partial charge in [0.2, 0.25) is 0 Å². The average molecular weight is 257 g/mol. The van der Waals surface area contributed by atoms with E-state index in [1.807, 2.05) is 6.07 Å². The van der Waals surface area contributed by atoms with Crippen molar-refractivity contribution in [2.75, 3.05) is 19.6 Å². The highest BCUT2D eigenvalue weighted by Gasteiger charge is 2.14. The Morgan fingerprint density at radius 1 is 1.41 bits per heavy atom. The molecule has 0 aliphatic heterocycles. The van der Waals surface area contributed by atoms with Crippen molar-refractivity contribution in [1.29, 1.82) is 0 Å². The molecule has 94 valence electrons. The molecule has 0 aliphatic rings. The SMILES string of the molecule is CCN(CC)CC(Cl)c1cccc([N+](=O)[O-])c1. The first-order valence-electron chi connectivity index (χ1n) is 5.69. The predicted molar refractivity (Wildman–Crippen MR) is 69.5 cm³/mol. The lowest BCUT2D eigenvalue weighted by molar-refractivity contribution is -0.384. The summed E-state index contributed by atoms with van der Waals surface area (Å²) in [6, 6.07) is 6.52. The van der Waals surface area contributed by atoms with Gasteiger partial charge in [0.05, 0.1) is 10.3 Å². The second-order valence-electron chi connectivity index (χ2n) is 3.81. The van der Waals surface area contributed by atoms with Gasteiger partial charge >= 0.3 is 0 Å². The third kappa shape index (κ3) is 3.98. The first kappa shape index (κ1) is 13.9. The number of nitro benzene ring substituents is 1. The number of rotatable bonds is 6. The fourth-order valence-corrected chi connectivity index (χ4v) is 1.98. The minimum absolute atomic E-state index is 0.0905. The van der Waals surface area contributed by atoms with E-state index in [1.165, 1.54) is 6.07 Å². The van der Waals surface area contributed by atoms with E-state index in [2.05, 4.69) is 18.7 Å². The highest BCUT2D eigenvalue weighted by molar-refractivity contribution is 6.21. The van der Waals surface area contributed by atoms with Crippen LogP contribution < -0.4 is 0 Å². The third-order valence-electron chi connectivity index (χ3n) is 2.76. The second kappa shape index (κ2) is 6.57. The maximum absolute atomic E-state index is 10.7. The van der Waals surface area contributed by atoms with Gasteiger partial charge in [0, 0.05) is 18.7 Å². The average Bonchev–Trinajstić information content (AvgIpc) is 2.35.